The van der Waals surface area contributed by atoms with E-state index in [9.17, 15) is 23.6 Å². The van der Waals surface area contributed by atoms with Gasteiger partial charge in [-0.15, -0.1) is 0 Å². The van der Waals surface area contributed by atoms with E-state index in [4.69, 9.17) is 0 Å². The van der Waals surface area contributed by atoms with E-state index in [1.807, 2.05) is 0 Å². The second-order valence-corrected chi connectivity index (χ2v) is 6.71. The highest BCUT2D eigenvalue weighted by Gasteiger charge is 2.24. The molecule has 112 valence electrons. The Morgan fingerprint density at radius 2 is 2.05 bits per heavy atom. The minimum absolute atomic E-state index is 0.122. The highest BCUT2D eigenvalue weighted by Crippen LogP contribution is 2.24. The number of nitro groups is 1. The fraction of sp³-hybridized carbons (Fsp3) is 0.500. The zero-order chi connectivity index (χ0) is 15.5. The third kappa shape index (κ3) is 3.75. The highest BCUT2D eigenvalue weighted by molar-refractivity contribution is 7.89. The lowest BCUT2D eigenvalue weighted by Gasteiger charge is -2.18. The first-order chi connectivity index (χ1) is 9.16. The van der Waals surface area contributed by atoms with Crippen LogP contribution < -0.4 is 0 Å². The van der Waals surface area contributed by atoms with Gasteiger partial charge in [0.1, 0.15) is 0 Å². The summed E-state index contributed by atoms with van der Waals surface area (Å²) in [5.74, 6) is 0. The smallest absolute Gasteiger partial charge is 0.273 e. The first-order valence-corrected chi connectivity index (χ1v) is 7.49. The number of hydrogen-bond acceptors (Lipinski definition) is 5. The number of benzene rings is 1. The summed E-state index contributed by atoms with van der Waals surface area (Å²) >= 11 is 0. The fourth-order valence-electron chi connectivity index (χ4n) is 1.62. The summed E-state index contributed by atoms with van der Waals surface area (Å²) in [4.78, 5) is 10.1. The summed E-state index contributed by atoms with van der Waals surface area (Å²) in [5.41, 5.74) is 0.176. The van der Waals surface area contributed by atoms with Crippen LogP contribution in [0.25, 0.3) is 0 Å². The molecular formula is C12H18N2O5S. The van der Waals surface area contributed by atoms with Gasteiger partial charge in [0, 0.05) is 25.2 Å². The second-order valence-electron chi connectivity index (χ2n) is 4.67. The van der Waals surface area contributed by atoms with Gasteiger partial charge in [-0.05, 0) is 26.3 Å². The molecule has 0 bridgehead atoms. The Morgan fingerprint density at radius 1 is 1.45 bits per heavy atom. The molecule has 0 fully saturated rings. The topological polar surface area (TPSA) is 101 Å². The van der Waals surface area contributed by atoms with Gasteiger partial charge < -0.3 is 5.11 Å². The minimum Gasteiger partial charge on any atom is -0.393 e. The van der Waals surface area contributed by atoms with Crippen molar-refractivity contribution in [1.82, 2.24) is 4.31 Å². The van der Waals surface area contributed by atoms with E-state index in [0.29, 0.717) is 12.0 Å². The summed E-state index contributed by atoms with van der Waals surface area (Å²) < 4.78 is 25.6. The quantitative estimate of drug-likeness (QED) is 0.630. The summed E-state index contributed by atoms with van der Waals surface area (Å²) in [5, 5.41) is 20.0. The number of aliphatic hydroxyl groups excluding tert-OH is 1. The third-order valence-electron chi connectivity index (χ3n) is 2.95. The van der Waals surface area contributed by atoms with E-state index in [0.717, 1.165) is 10.4 Å². The molecule has 0 aliphatic heterocycles. The van der Waals surface area contributed by atoms with E-state index < -0.39 is 21.1 Å². The summed E-state index contributed by atoms with van der Waals surface area (Å²) in [6.45, 7) is 3.25. The lowest BCUT2D eigenvalue weighted by atomic mass is 10.2. The van der Waals surface area contributed by atoms with Gasteiger partial charge in [0.25, 0.3) is 5.69 Å². The van der Waals surface area contributed by atoms with Gasteiger partial charge in [-0.2, -0.15) is 0 Å². The van der Waals surface area contributed by atoms with Crippen molar-refractivity contribution >= 4 is 15.7 Å². The van der Waals surface area contributed by atoms with Crippen LogP contribution in [0.4, 0.5) is 5.69 Å². The first-order valence-electron chi connectivity index (χ1n) is 6.05. The molecule has 1 rings (SSSR count). The van der Waals surface area contributed by atoms with Crippen LogP contribution in [0.3, 0.4) is 0 Å². The molecule has 8 heteroatoms. The molecule has 0 aliphatic rings. The van der Waals surface area contributed by atoms with Crippen LogP contribution in [-0.2, 0) is 10.0 Å². The number of sulfonamides is 1. The molecule has 0 saturated carbocycles. The maximum Gasteiger partial charge on any atom is 0.273 e. The molecule has 7 nitrogen and oxygen atoms in total. The Labute approximate surface area is 118 Å². The van der Waals surface area contributed by atoms with Crippen LogP contribution in [0.5, 0.6) is 0 Å². The molecule has 0 amide bonds. The van der Waals surface area contributed by atoms with Crippen molar-refractivity contribution < 1.29 is 18.4 Å². The van der Waals surface area contributed by atoms with E-state index in [1.165, 1.54) is 19.2 Å². The van der Waals surface area contributed by atoms with E-state index in [-0.39, 0.29) is 17.1 Å². The van der Waals surface area contributed by atoms with Crippen molar-refractivity contribution in [3.8, 4) is 0 Å². The molecule has 20 heavy (non-hydrogen) atoms. The predicted molar refractivity (Wildman–Crippen MR) is 73.9 cm³/mol. The van der Waals surface area contributed by atoms with Gasteiger partial charge in [0.05, 0.1) is 15.9 Å². The van der Waals surface area contributed by atoms with Gasteiger partial charge in [-0.3, -0.25) is 10.1 Å². The molecule has 0 aliphatic carbocycles. The third-order valence-corrected chi connectivity index (χ3v) is 4.80. The lowest BCUT2D eigenvalue weighted by molar-refractivity contribution is -0.385. The number of hydrogen-bond donors (Lipinski definition) is 1. The monoisotopic (exact) mass is 302 g/mol. The van der Waals surface area contributed by atoms with Gasteiger partial charge >= 0.3 is 0 Å². The first kappa shape index (κ1) is 16.5. The largest absolute Gasteiger partial charge is 0.393 e. The highest BCUT2D eigenvalue weighted by atomic mass is 32.2. The van der Waals surface area contributed by atoms with E-state index in [2.05, 4.69) is 0 Å². The van der Waals surface area contributed by atoms with Crippen LogP contribution >= 0.6 is 0 Å². The zero-order valence-electron chi connectivity index (χ0n) is 11.6. The van der Waals surface area contributed by atoms with Gasteiger partial charge in [0.2, 0.25) is 10.0 Å². The van der Waals surface area contributed by atoms with Crippen molar-refractivity contribution in [3.63, 3.8) is 0 Å². The summed E-state index contributed by atoms with van der Waals surface area (Å²) in [6, 6.07) is 3.81. The Balaban J connectivity index is 3.09. The zero-order valence-corrected chi connectivity index (χ0v) is 12.4. The molecule has 1 unspecified atom stereocenters. The average Bonchev–Trinajstić information content (AvgIpc) is 2.35. The maximum absolute atomic E-state index is 12.3. The SMILES string of the molecule is Cc1ccc(S(=O)(=O)N(C)CCC(C)O)cc1[N+](=O)[O-]. The molecule has 1 atom stereocenters. The number of nitro benzene ring substituents is 1. The molecule has 1 aromatic rings. The summed E-state index contributed by atoms with van der Waals surface area (Å²) in [6.07, 6.45) is -0.316. The van der Waals surface area contributed by atoms with Gasteiger partial charge in [0.15, 0.2) is 0 Å². The van der Waals surface area contributed by atoms with Crippen molar-refractivity contribution in [1.29, 1.82) is 0 Å². The van der Waals surface area contributed by atoms with Gasteiger partial charge in [-0.1, -0.05) is 6.07 Å². The lowest BCUT2D eigenvalue weighted by Crippen LogP contribution is -2.29. The number of rotatable bonds is 6. The molecule has 0 spiro atoms. The van der Waals surface area contributed by atoms with Gasteiger partial charge in [-0.25, -0.2) is 12.7 Å². The predicted octanol–water partition coefficient (Wildman–Crippen LogP) is 1.29. The molecule has 0 heterocycles. The maximum atomic E-state index is 12.3. The second kappa shape index (κ2) is 6.29. The number of aliphatic hydroxyl groups is 1. The van der Waals surface area contributed by atoms with E-state index in [1.54, 1.807) is 13.8 Å². The standard InChI is InChI=1S/C12H18N2O5S/c1-9-4-5-11(8-12(9)14(16)17)20(18,19)13(3)7-6-10(2)15/h4-5,8,10,15H,6-7H2,1-3H3. The Hall–Kier alpha value is -1.51. The Kier molecular flexibility index (Phi) is 5.21. The van der Waals surface area contributed by atoms with Crippen LogP contribution in [0.1, 0.15) is 18.9 Å². The van der Waals surface area contributed by atoms with Crippen LogP contribution in [0.15, 0.2) is 23.1 Å². The minimum atomic E-state index is -3.79. The average molecular weight is 302 g/mol. The molecule has 0 aromatic heterocycles. The normalized spacial score (nSPS) is 13.4. The van der Waals surface area contributed by atoms with Crippen molar-refractivity contribution in [2.45, 2.75) is 31.3 Å². The molecule has 1 N–H and O–H groups in total. The number of aryl methyl sites for hydroxylation is 1. The molecular weight excluding hydrogens is 284 g/mol. The Bertz CT molecular complexity index is 598. The molecule has 0 saturated heterocycles. The van der Waals surface area contributed by atoms with Crippen LogP contribution in [0.2, 0.25) is 0 Å². The van der Waals surface area contributed by atoms with E-state index >= 15 is 0 Å². The van der Waals surface area contributed by atoms with Crippen LogP contribution in [-0.4, -0.2) is 42.4 Å². The summed E-state index contributed by atoms with van der Waals surface area (Å²) in [7, 11) is -2.41. The van der Waals surface area contributed by atoms with Crippen LogP contribution in [0, 0.1) is 17.0 Å². The molecule has 1 aromatic carbocycles. The van der Waals surface area contributed by atoms with Crippen molar-refractivity contribution in [2.75, 3.05) is 13.6 Å². The fourth-order valence-corrected chi connectivity index (χ4v) is 2.82. The van der Waals surface area contributed by atoms with Crippen molar-refractivity contribution in [2.24, 2.45) is 0 Å². The number of nitrogens with zero attached hydrogens (tertiary/aromatic N) is 2. The molecule has 0 radical (unpaired) electrons. The Morgan fingerprint density at radius 3 is 2.55 bits per heavy atom. The van der Waals surface area contributed by atoms with Crippen molar-refractivity contribution in [3.05, 3.63) is 33.9 Å².